The van der Waals surface area contributed by atoms with E-state index in [1.54, 1.807) is 6.07 Å². The molecule has 8 nitrogen and oxygen atoms in total. The zero-order chi connectivity index (χ0) is 27.2. The first kappa shape index (κ1) is 25.7. The monoisotopic (exact) mass is 530 g/mol. The number of alkyl halides is 3. The number of anilines is 1. The number of hydrogen-bond donors (Lipinski definition) is 1. The van der Waals surface area contributed by atoms with Crippen molar-refractivity contribution in [2.75, 3.05) is 24.7 Å². The van der Waals surface area contributed by atoms with Crippen molar-refractivity contribution in [3.8, 4) is 6.07 Å². The molecule has 1 spiro atoms. The van der Waals surface area contributed by atoms with E-state index in [2.05, 4.69) is 5.32 Å². The van der Waals surface area contributed by atoms with Gasteiger partial charge in [0.2, 0.25) is 11.8 Å². The molecular formula is C26H22F4N4O4. The normalized spacial score (nSPS) is 23.6. The Morgan fingerprint density at radius 3 is 2.37 bits per heavy atom. The Morgan fingerprint density at radius 1 is 1.13 bits per heavy atom. The third kappa shape index (κ3) is 4.47. The van der Waals surface area contributed by atoms with Gasteiger partial charge in [-0.05, 0) is 48.7 Å². The highest BCUT2D eigenvalue weighted by atomic mass is 19.4. The van der Waals surface area contributed by atoms with Gasteiger partial charge in [0.1, 0.15) is 17.9 Å². The first-order valence-electron chi connectivity index (χ1n) is 11.9. The molecule has 2 aliphatic heterocycles. The lowest BCUT2D eigenvalue weighted by molar-refractivity contribution is -0.165. The third-order valence-corrected chi connectivity index (χ3v) is 7.27. The van der Waals surface area contributed by atoms with Crippen molar-refractivity contribution in [2.45, 2.75) is 37.1 Å². The Morgan fingerprint density at radius 2 is 1.82 bits per heavy atom. The predicted octanol–water partition coefficient (Wildman–Crippen LogP) is 2.76. The average Bonchev–Trinajstić information content (AvgIpc) is 2.82. The van der Waals surface area contributed by atoms with E-state index in [0.29, 0.717) is 18.8 Å². The van der Waals surface area contributed by atoms with Gasteiger partial charge in [-0.15, -0.1) is 0 Å². The number of nitrogens with zero attached hydrogens (tertiary/aromatic N) is 3. The number of carbonyl (C=O) groups excluding carboxylic acids is 3. The Labute approximate surface area is 214 Å². The number of nitrogens with one attached hydrogen (secondary N) is 1. The summed E-state index contributed by atoms with van der Waals surface area (Å²) < 4.78 is 58.9. The van der Waals surface area contributed by atoms with E-state index in [-0.39, 0.29) is 42.6 Å². The van der Waals surface area contributed by atoms with Crippen LogP contribution >= 0.6 is 0 Å². The van der Waals surface area contributed by atoms with Crippen molar-refractivity contribution < 1.29 is 36.7 Å². The molecule has 12 heteroatoms. The molecule has 0 bridgehead atoms. The van der Waals surface area contributed by atoms with Crippen LogP contribution in [0.3, 0.4) is 0 Å². The largest absolute Gasteiger partial charge is 0.416 e. The van der Waals surface area contributed by atoms with Crippen LogP contribution in [0.4, 0.5) is 23.2 Å². The summed E-state index contributed by atoms with van der Waals surface area (Å²) in [5.41, 5.74) is -2.08. The van der Waals surface area contributed by atoms with Crippen LogP contribution in [-0.2, 0) is 31.8 Å². The maximum Gasteiger partial charge on any atom is 0.416 e. The van der Waals surface area contributed by atoms with Crippen LogP contribution in [0.25, 0.3) is 0 Å². The minimum absolute atomic E-state index is 0.0218. The number of hydrogen-bond acceptors (Lipinski definition) is 5. The SMILES string of the molecule is N#Cc1ccc(N2CC(=O)N(Cc3ccc(C(F)(F)F)cc3)C3(CC(C(=O)NC4COC4)C3)C2=O)c(F)c1. The van der Waals surface area contributed by atoms with Crippen molar-refractivity contribution in [1.82, 2.24) is 10.2 Å². The molecule has 38 heavy (non-hydrogen) atoms. The molecule has 1 aliphatic carbocycles. The smallest absolute Gasteiger partial charge is 0.377 e. The summed E-state index contributed by atoms with van der Waals surface area (Å²) in [6, 6.07) is 9.48. The van der Waals surface area contributed by atoms with Crippen molar-refractivity contribution in [1.29, 1.82) is 5.26 Å². The fourth-order valence-electron chi connectivity index (χ4n) is 5.08. The van der Waals surface area contributed by atoms with E-state index in [1.807, 2.05) is 0 Å². The van der Waals surface area contributed by atoms with E-state index >= 15 is 0 Å². The summed E-state index contributed by atoms with van der Waals surface area (Å²) >= 11 is 0. The number of piperazine rings is 1. The number of nitriles is 1. The second-order valence-corrected chi connectivity index (χ2v) is 9.72. The highest BCUT2D eigenvalue weighted by molar-refractivity contribution is 6.10. The number of benzene rings is 2. The summed E-state index contributed by atoms with van der Waals surface area (Å²) in [7, 11) is 0. The predicted molar refractivity (Wildman–Crippen MR) is 124 cm³/mol. The molecule has 3 amide bonds. The lowest BCUT2D eigenvalue weighted by Gasteiger charge is -2.56. The molecule has 1 saturated carbocycles. The van der Waals surface area contributed by atoms with Gasteiger partial charge in [-0.25, -0.2) is 4.39 Å². The van der Waals surface area contributed by atoms with E-state index in [0.717, 1.165) is 23.1 Å². The summed E-state index contributed by atoms with van der Waals surface area (Å²) in [5, 5.41) is 11.9. The molecule has 0 unspecified atom stereocenters. The molecule has 0 aromatic heterocycles. The first-order valence-corrected chi connectivity index (χ1v) is 11.9. The van der Waals surface area contributed by atoms with Gasteiger partial charge in [0, 0.05) is 12.5 Å². The molecule has 3 fully saturated rings. The Balaban J connectivity index is 1.43. The maximum absolute atomic E-state index is 14.8. The zero-order valence-electron chi connectivity index (χ0n) is 19.9. The standard InChI is InChI=1S/C26H22F4N4O4/c27-20-7-16(10-31)3-6-21(20)33-12-22(35)34(11-15-1-4-18(5-2-15)26(28,29)30)25(24(33)37)8-17(9-25)23(36)32-19-13-38-14-19/h1-7,17,19H,8-9,11-14H2,(H,32,36). The summed E-state index contributed by atoms with van der Waals surface area (Å²) in [5.74, 6) is -2.87. The molecule has 2 heterocycles. The fraction of sp³-hybridized carbons (Fsp3) is 0.385. The zero-order valence-corrected chi connectivity index (χ0v) is 19.9. The third-order valence-electron chi connectivity index (χ3n) is 7.27. The number of ether oxygens (including phenoxy) is 1. The van der Waals surface area contributed by atoms with Gasteiger partial charge in [-0.2, -0.15) is 18.4 Å². The minimum Gasteiger partial charge on any atom is -0.377 e. The van der Waals surface area contributed by atoms with Crippen LogP contribution in [0.1, 0.15) is 29.5 Å². The van der Waals surface area contributed by atoms with E-state index < -0.39 is 47.4 Å². The molecule has 3 aliphatic rings. The van der Waals surface area contributed by atoms with Gasteiger partial charge in [0.05, 0.1) is 42.1 Å². The van der Waals surface area contributed by atoms with Gasteiger partial charge in [0.15, 0.2) is 0 Å². The summed E-state index contributed by atoms with van der Waals surface area (Å²) in [4.78, 5) is 42.2. The molecule has 2 aromatic rings. The van der Waals surface area contributed by atoms with Gasteiger partial charge < -0.3 is 15.0 Å². The molecule has 2 aromatic carbocycles. The average molecular weight is 530 g/mol. The molecule has 0 atom stereocenters. The maximum atomic E-state index is 14.8. The molecule has 0 radical (unpaired) electrons. The van der Waals surface area contributed by atoms with Crippen LogP contribution < -0.4 is 10.2 Å². The second-order valence-electron chi connectivity index (χ2n) is 9.72. The lowest BCUT2D eigenvalue weighted by Crippen LogP contribution is -2.74. The molecule has 198 valence electrons. The number of amides is 3. The van der Waals surface area contributed by atoms with E-state index in [9.17, 15) is 31.9 Å². The van der Waals surface area contributed by atoms with Crippen LogP contribution in [0, 0.1) is 23.1 Å². The molecule has 2 saturated heterocycles. The molecule has 5 rings (SSSR count). The van der Waals surface area contributed by atoms with E-state index in [1.165, 1.54) is 29.2 Å². The van der Waals surface area contributed by atoms with E-state index in [4.69, 9.17) is 10.00 Å². The van der Waals surface area contributed by atoms with Crippen LogP contribution in [0.2, 0.25) is 0 Å². The molecular weight excluding hydrogens is 508 g/mol. The van der Waals surface area contributed by atoms with Crippen molar-refractivity contribution in [2.24, 2.45) is 5.92 Å². The Hall–Kier alpha value is -3.98. The lowest BCUT2D eigenvalue weighted by atomic mass is 9.64. The Kier molecular flexibility index (Phi) is 6.35. The van der Waals surface area contributed by atoms with Crippen LogP contribution in [-0.4, -0.2) is 54.0 Å². The van der Waals surface area contributed by atoms with Gasteiger partial charge in [-0.1, -0.05) is 12.1 Å². The second kappa shape index (κ2) is 9.40. The highest BCUT2D eigenvalue weighted by Crippen LogP contribution is 2.48. The summed E-state index contributed by atoms with van der Waals surface area (Å²) in [6.07, 6.45) is -4.57. The number of rotatable bonds is 5. The topological polar surface area (TPSA) is 103 Å². The van der Waals surface area contributed by atoms with Crippen LogP contribution in [0.5, 0.6) is 0 Å². The molecule has 1 N–H and O–H groups in total. The van der Waals surface area contributed by atoms with Crippen molar-refractivity contribution in [3.05, 3.63) is 65.0 Å². The van der Waals surface area contributed by atoms with Gasteiger partial charge >= 0.3 is 6.18 Å². The quantitative estimate of drug-likeness (QED) is 0.599. The minimum atomic E-state index is -4.53. The Bertz CT molecular complexity index is 1330. The summed E-state index contributed by atoms with van der Waals surface area (Å²) in [6.45, 7) is 0.108. The van der Waals surface area contributed by atoms with Gasteiger partial charge in [-0.3, -0.25) is 19.3 Å². The van der Waals surface area contributed by atoms with Crippen molar-refractivity contribution in [3.63, 3.8) is 0 Å². The number of halogens is 4. The fourth-order valence-corrected chi connectivity index (χ4v) is 5.08. The van der Waals surface area contributed by atoms with Gasteiger partial charge in [0.25, 0.3) is 5.91 Å². The highest BCUT2D eigenvalue weighted by Gasteiger charge is 2.61. The van der Waals surface area contributed by atoms with Crippen molar-refractivity contribution >= 4 is 23.4 Å². The number of carbonyl (C=O) groups is 3. The first-order chi connectivity index (χ1) is 18.0. The van der Waals surface area contributed by atoms with Crippen LogP contribution in [0.15, 0.2) is 42.5 Å².